The molecule has 0 spiro atoms. The molecule has 0 bridgehead atoms. The Balaban J connectivity index is 1.27. The maximum atomic E-state index is 5.98. The molecule has 0 amide bonds. The molecule has 4 nitrogen and oxygen atoms in total. The summed E-state index contributed by atoms with van der Waals surface area (Å²) in [6, 6.07) is 14.2. The molecule has 0 N–H and O–H groups in total. The summed E-state index contributed by atoms with van der Waals surface area (Å²) in [7, 11) is 0. The third-order valence-corrected chi connectivity index (χ3v) is 5.96. The fourth-order valence-electron chi connectivity index (χ4n) is 4.12. The van der Waals surface area contributed by atoms with Gasteiger partial charge in [-0.3, -0.25) is 4.90 Å². The van der Waals surface area contributed by atoms with Crippen molar-refractivity contribution in [3.05, 3.63) is 58.7 Å². The van der Waals surface area contributed by atoms with Crippen molar-refractivity contribution in [3.8, 4) is 5.75 Å². The standard InChI is InChI=1S/C24H29ClN2O2/c1-17(2)28-21-8-9-22-23(26-29-24(22)15-21)10-5-18-11-13-27(14-12-18)16-19-3-6-20(25)7-4-19/h3-4,6-9,15,17-18H,5,10-14,16H2,1-2H3. The molecule has 2 heterocycles. The van der Waals surface area contributed by atoms with Crippen molar-refractivity contribution in [3.63, 3.8) is 0 Å². The number of rotatable bonds is 7. The molecule has 1 fully saturated rings. The number of ether oxygens (including phenoxy) is 1. The number of benzene rings is 2. The average Bonchev–Trinajstić information content (AvgIpc) is 3.11. The first kappa shape index (κ1) is 20.2. The molecule has 1 aromatic heterocycles. The van der Waals surface area contributed by atoms with E-state index in [0.29, 0.717) is 0 Å². The fraction of sp³-hybridized carbons (Fsp3) is 0.458. The highest BCUT2D eigenvalue weighted by Gasteiger charge is 2.20. The second kappa shape index (κ2) is 9.19. The lowest BCUT2D eigenvalue weighted by Crippen LogP contribution is -2.33. The first-order valence-electron chi connectivity index (χ1n) is 10.6. The van der Waals surface area contributed by atoms with Crippen LogP contribution in [0, 0.1) is 5.92 Å². The smallest absolute Gasteiger partial charge is 0.170 e. The highest BCUT2D eigenvalue weighted by Crippen LogP contribution is 2.28. The van der Waals surface area contributed by atoms with Gasteiger partial charge in [-0.2, -0.15) is 0 Å². The summed E-state index contributed by atoms with van der Waals surface area (Å²) < 4.78 is 11.3. The molecule has 2 aromatic carbocycles. The van der Waals surface area contributed by atoms with E-state index in [9.17, 15) is 0 Å². The summed E-state index contributed by atoms with van der Waals surface area (Å²) in [5, 5.41) is 6.24. The van der Waals surface area contributed by atoms with Crippen LogP contribution >= 0.6 is 11.6 Å². The molecule has 1 aliphatic rings. The van der Waals surface area contributed by atoms with E-state index in [1.54, 1.807) is 0 Å². The number of aromatic nitrogens is 1. The molecular weight excluding hydrogens is 384 g/mol. The number of halogens is 1. The predicted octanol–water partition coefficient (Wildman–Crippen LogP) is 6.11. The molecule has 0 aliphatic carbocycles. The van der Waals surface area contributed by atoms with Crippen LogP contribution in [0.3, 0.4) is 0 Å². The van der Waals surface area contributed by atoms with Crippen LogP contribution in [0.15, 0.2) is 47.0 Å². The van der Waals surface area contributed by atoms with Gasteiger partial charge in [-0.25, -0.2) is 0 Å². The van der Waals surface area contributed by atoms with E-state index in [1.807, 2.05) is 38.1 Å². The van der Waals surface area contributed by atoms with Crippen molar-refractivity contribution in [2.24, 2.45) is 5.92 Å². The summed E-state index contributed by atoms with van der Waals surface area (Å²) in [5.74, 6) is 1.59. The number of fused-ring (bicyclic) bond motifs is 1. The van der Waals surface area contributed by atoms with Crippen molar-refractivity contribution in [1.82, 2.24) is 10.1 Å². The Morgan fingerprint density at radius 3 is 2.62 bits per heavy atom. The zero-order valence-corrected chi connectivity index (χ0v) is 18.0. The number of hydrogen-bond donors (Lipinski definition) is 0. The maximum Gasteiger partial charge on any atom is 0.170 e. The van der Waals surface area contributed by atoms with E-state index in [2.05, 4.69) is 28.3 Å². The largest absolute Gasteiger partial charge is 0.491 e. The second-order valence-electron chi connectivity index (χ2n) is 8.34. The molecule has 1 aliphatic heterocycles. The normalized spacial score (nSPS) is 16.0. The van der Waals surface area contributed by atoms with Gasteiger partial charge in [0.2, 0.25) is 0 Å². The van der Waals surface area contributed by atoms with Gasteiger partial charge in [-0.15, -0.1) is 0 Å². The highest BCUT2D eigenvalue weighted by atomic mass is 35.5. The molecule has 3 aromatic rings. The Kier molecular flexibility index (Phi) is 6.41. The van der Waals surface area contributed by atoms with Crippen LogP contribution in [0.2, 0.25) is 5.02 Å². The molecule has 5 heteroatoms. The zero-order chi connectivity index (χ0) is 20.2. The molecule has 0 radical (unpaired) electrons. The Bertz CT molecular complexity index is 928. The predicted molar refractivity (Wildman–Crippen MR) is 118 cm³/mol. The van der Waals surface area contributed by atoms with Crippen molar-refractivity contribution in [1.29, 1.82) is 0 Å². The topological polar surface area (TPSA) is 38.5 Å². The van der Waals surface area contributed by atoms with E-state index >= 15 is 0 Å². The lowest BCUT2D eigenvalue weighted by atomic mass is 9.91. The van der Waals surface area contributed by atoms with E-state index < -0.39 is 0 Å². The van der Waals surface area contributed by atoms with Gasteiger partial charge in [0.1, 0.15) is 5.75 Å². The van der Waals surface area contributed by atoms with Gasteiger partial charge in [-0.05, 0) is 88.4 Å². The van der Waals surface area contributed by atoms with Crippen LogP contribution in [0.1, 0.15) is 44.4 Å². The first-order chi connectivity index (χ1) is 14.1. The number of hydrogen-bond acceptors (Lipinski definition) is 4. The Labute approximate surface area is 177 Å². The SMILES string of the molecule is CC(C)Oc1ccc2c(CCC3CCN(Cc4ccc(Cl)cc4)CC3)noc2c1. The molecule has 154 valence electrons. The number of nitrogens with zero attached hydrogens (tertiary/aromatic N) is 2. The molecule has 0 saturated carbocycles. The monoisotopic (exact) mass is 412 g/mol. The van der Waals surface area contributed by atoms with Gasteiger partial charge >= 0.3 is 0 Å². The van der Waals surface area contributed by atoms with E-state index in [4.69, 9.17) is 20.9 Å². The summed E-state index contributed by atoms with van der Waals surface area (Å²) in [6.45, 7) is 7.37. The van der Waals surface area contributed by atoms with Crippen molar-refractivity contribution in [2.75, 3.05) is 13.1 Å². The highest BCUT2D eigenvalue weighted by molar-refractivity contribution is 6.30. The third-order valence-electron chi connectivity index (χ3n) is 5.71. The van der Waals surface area contributed by atoms with Crippen molar-refractivity contribution < 1.29 is 9.26 Å². The number of aryl methyl sites for hydroxylation is 1. The van der Waals surface area contributed by atoms with Crippen LogP contribution < -0.4 is 4.74 Å². The lowest BCUT2D eigenvalue weighted by molar-refractivity contribution is 0.172. The van der Waals surface area contributed by atoms with Crippen LogP contribution in [-0.2, 0) is 13.0 Å². The zero-order valence-electron chi connectivity index (χ0n) is 17.2. The Morgan fingerprint density at radius 2 is 1.90 bits per heavy atom. The maximum absolute atomic E-state index is 5.98. The quantitative estimate of drug-likeness (QED) is 0.469. The number of likely N-dealkylation sites (tertiary alicyclic amines) is 1. The van der Waals surface area contributed by atoms with Crippen LogP contribution in [-0.4, -0.2) is 29.3 Å². The minimum atomic E-state index is 0.153. The minimum Gasteiger partial charge on any atom is -0.491 e. The van der Waals surface area contributed by atoms with Crippen molar-refractivity contribution >= 4 is 22.6 Å². The van der Waals surface area contributed by atoms with Gasteiger partial charge in [0.25, 0.3) is 0 Å². The van der Waals surface area contributed by atoms with Gasteiger partial charge in [0, 0.05) is 23.0 Å². The van der Waals surface area contributed by atoms with E-state index in [-0.39, 0.29) is 6.10 Å². The summed E-state index contributed by atoms with van der Waals surface area (Å²) in [5.41, 5.74) is 3.22. The van der Waals surface area contributed by atoms with Gasteiger partial charge in [0.05, 0.1) is 11.8 Å². The minimum absolute atomic E-state index is 0.153. The summed E-state index contributed by atoms with van der Waals surface area (Å²) in [6.07, 6.45) is 4.78. The Hall–Kier alpha value is -2.04. The lowest BCUT2D eigenvalue weighted by Gasteiger charge is -2.32. The number of piperidine rings is 1. The van der Waals surface area contributed by atoms with E-state index in [0.717, 1.165) is 59.4 Å². The molecule has 4 rings (SSSR count). The van der Waals surface area contributed by atoms with Crippen LogP contribution in [0.5, 0.6) is 5.75 Å². The van der Waals surface area contributed by atoms with Crippen LogP contribution in [0.25, 0.3) is 11.0 Å². The molecule has 0 atom stereocenters. The molecule has 0 unspecified atom stereocenters. The van der Waals surface area contributed by atoms with Crippen LogP contribution in [0.4, 0.5) is 0 Å². The van der Waals surface area contributed by atoms with Gasteiger partial charge in [-0.1, -0.05) is 28.9 Å². The molecular formula is C24H29ClN2O2. The van der Waals surface area contributed by atoms with Gasteiger partial charge in [0.15, 0.2) is 5.58 Å². The average molecular weight is 413 g/mol. The van der Waals surface area contributed by atoms with E-state index in [1.165, 1.54) is 24.8 Å². The summed E-state index contributed by atoms with van der Waals surface area (Å²) >= 11 is 5.98. The fourth-order valence-corrected chi connectivity index (χ4v) is 4.24. The van der Waals surface area contributed by atoms with Gasteiger partial charge < -0.3 is 9.26 Å². The second-order valence-corrected chi connectivity index (χ2v) is 8.77. The first-order valence-corrected chi connectivity index (χ1v) is 11.0. The third kappa shape index (κ3) is 5.31. The van der Waals surface area contributed by atoms with Crippen molar-refractivity contribution in [2.45, 2.75) is 52.2 Å². The Morgan fingerprint density at radius 1 is 1.14 bits per heavy atom. The summed E-state index contributed by atoms with van der Waals surface area (Å²) in [4.78, 5) is 2.54. The molecule has 29 heavy (non-hydrogen) atoms. The molecule has 1 saturated heterocycles.